The van der Waals surface area contributed by atoms with Crippen LogP contribution in [-0.2, 0) is 4.79 Å². The normalized spacial score (nSPS) is 15.6. The van der Waals surface area contributed by atoms with Crippen molar-refractivity contribution in [3.63, 3.8) is 0 Å². The highest BCUT2D eigenvalue weighted by molar-refractivity contribution is 5.84. The fourth-order valence-corrected chi connectivity index (χ4v) is 1.18. The van der Waals surface area contributed by atoms with Crippen LogP contribution in [-0.4, -0.2) is 35.3 Å². The summed E-state index contributed by atoms with van der Waals surface area (Å²) in [5.41, 5.74) is 5.72. The van der Waals surface area contributed by atoms with Gasteiger partial charge in [-0.25, -0.2) is 0 Å². The summed E-state index contributed by atoms with van der Waals surface area (Å²) in [5, 5.41) is 17.6. The molecule has 0 saturated carbocycles. The molecule has 4 heteroatoms. The Morgan fingerprint density at radius 3 is 2.21 bits per heavy atom. The summed E-state index contributed by atoms with van der Waals surface area (Å²) in [4.78, 5) is 11.5. The maximum atomic E-state index is 11.5. The van der Waals surface area contributed by atoms with Gasteiger partial charge in [0, 0.05) is 25.6 Å². The maximum absolute atomic E-state index is 11.5. The second-order valence-electron chi connectivity index (χ2n) is 3.81. The first-order chi connectivity index (χ1) is 6.56. The van der Waals surface area contributed by atoms with Crippen LogP contribution >= 0.6 is 0 Å². The van der Waals surface area contributed by atoms with E-state index in [1.54, 1.807) is 0 Å². The molecule has 0 aromatic carbocycles. The predicted octanol–water partition coefficient (Wildman–Crippen LogP) is -0.0802. The van der Waals surface area contributed by atoms with Crippen LogP contribution in [0.1, 0.15) is 26.7 Å². The first-order valence-electron chi connectivity index (χ1n) is 5.06. The zero-order valence-corrected chi connectivity index (χ0v) is 8.94. The van der Waals surface area contributed by atoms with Gasteiger partial charge >= 0.3 is 0 Å². The van der Waals surface area contributed by atoms with E-state index in [-0.39, 0.29) is 37.3 Å². The summed E-state index contributed by atoms with van der Waals surface area (Å²) in [6.45, 7) is 3.56. The first-order valence-corrected chi connectivity index (χ1v) is 5.06. The summed E-state index contributed by atoms with van der Waals surface area (Å²) < 4.78 is 0. The molecule has 0 unspecified atom stereocenters. The minimum atomic E-state index is -0.472. The highest BCUT2D eigenvalue weighted by Gasteiger charge is 2.22. The van der Waals surface area contributed by atoms with Gasteiger partial charge in [0.2, 0.25) is 0 Å². The predicted molar refractivity (Wildman–Crippen MR) is 54.7 cm³/mol. The molecule has 84 valence electrons. The second-order valence-corrected chi connectivity index (χ2v) is 3.81. The molecule has 4 nitrogen and oxygen atoms in total. The number of aliphatic hydroxyl groups is 2. The van der Waals surface area contributed by atoms with Crippen LogP contribution in [0.5, 0.6) is 0 Å². The summed E-state index contributed by atoms with van der Waals surface area (Å²) in [7, 11) is 0. The highest BCUT2D eigenvalue weighted by Crippen LogP contribution is 2.11. The number of carbonyl (C=O) groups excluding carboxylic acids is 1. The Balaban J connectivity index is 4.06. The molecule has 0 spiro atoms. The van der Waals surface area contributed by atoms with Gasteiger partial charge in [-0.3, -0.25) is 4.79 Å². The number of rotatable bonds is 7. The van der Waals surface area contributed by atoms with Gasteiger partial charge in [-0.05, 0) is 5.92 Å². The molecule has 4 N–H and O–H groups in total. The number of carbonyl (C=O) groups is 1. The van der Waals surface area contributed by atoms with Crippen LogP contribution in [0.2, 0.25) is 0 Å². The zero-order chi connectivity index (χ0) is 11.1. The van der Waals surface area contributed by atoms with Crippen LogP contribution in [0.3, 0.4) is 0 Å². The van der Waals surface area contributed by atoms with Gasteiger partial charge in [-0.1, -0.05) is 20.3 Å². The van der Waals surface area contributed by atoms with Crippen LogP contribution in [0.25, 0.3) is 0 Å². The average Bonchev–Trinajstić information content (AvgIpc) is 2.23. The molecule has 2 atom stereocenters. The van der Waals surface area contributed by atoms with Gasteiger partial charge in [0.1, 0.15) is 5.78 Å². The summed E-state index contributed by atoms with van der Waals surface area (Å²) >= 11 is 0. The van der Waals surface area contributed by atoms with Crippen molar-refractivity contribution in [2.24, 2.45) is 17.6 Å². The monoisotopic (exact) mass is 203 g/mol. The second kappa shape index (κ2) is 6.92. The molecule has 0 heterocycles. The Labute approximate surface area is 85.1 Å². The SMILES string of the molecule is CC[C@H](C)[C@H](N)C(=O)CC(CO)CO. The molecular weight excluding hydrogens is 182 g/mol. The topological polar surface area (TPSA) is 83.6 Å². The van der Waals surface area contributed by atoms with Crippen LogP contribution in [0.15, 0.2) is 0 Å². The number of aliphatic hydroxyl groups excluding tert-OH is 2. The number of Topliss-reactive ketones (excluding diaryl/α,β-unsaturated/α-hetero) is 1. The van der Waals surface area contributed by atoms with Gasteiger partial charge in [-0.15, -0.1) is 0 Å². The van der Waals surface area contributed by atoms with Crippen molar-refractivity contribution in [1.29, 1.82) is 0 Å². The molecule has 0 radical (unpaired) electrons. The molecule has 0 aliphatic rings. The van der Waals surface area contributed by atoms with E-state index in [0.29, 0.717) is 0 Å². The Bertz CT molecular complexity index is 169. The average molecular weight is 203 g/mol. The molecule has 0 aliphatic heterocycles. The first kappa shape index (κ1) is 13.5. The van der Waals surface area contributed by atoms with E-state index in [1.165, 1.54) is 0 Å². The van der Waals surface area contributed by atoms with Crippen molar-refractivity contribution in [3.8, 4) is 0 Å². The minimum absolute atomic E-state index is 0.0764. The highest BCUT2D eigenvalue weighted by atomic mass is 16.3. The maximum Gasteiger partial charge on any atom is 0.150 e. The number of nitrogens with two attached hydrogens (primary N) is 1. The molecule has 0 rings (SSSR count). The third-order valence-corrected chi connectivity index (χ3v) is 2.64. The molecule has 0 aliphatic carbocycles. The molecule has 0 amide bonds. The lowest BCUT2D eigenvalue weighted by molar-refractivity contribution is -0.123. The van der Waals surface area contributed by atoms with Crippen molar-refractivity contribution < 1.29 is 15.0 Å². The van der Waals surface area contributed by atoms with Crippen molar-refractivity contribution in [2.75, 3.05) is 13.2 Å². The molecule has 0 fully saturated rings. The number of ketones is 1. The van der Waals surface area contributed by atoms with Crippen molar-refractivity contribution in [3.05, 3.63) is 0 Å². The van der Waals surface area contributed by atoms with E-state index in [1.807, 2.05) is 13.8 Å². The Hall–Kier alpha value is -0.450. The van der Waals surface area contributed by atoms with Gasteiger partial charge in [0.15, 0.2) is 0 Å². The molecule has 0 aromatic rings. The summed E-state index contributed by atoms with van der Waals surface area (Å²) in [5.74, 6) is -0.286. The molecule has 14 heavy (non-hydrogen) atoms. The van der Waals surface area contributed by atoms with Crippen molar-refractivity contribution in [1.82, 2.24) is 0 Å². The van der Waals surface area contributed by atoms with E-state index in [0.717, 1.165) is 6.42 Å². The van der Waals surface area contributed by atoms with E-state index < -0.39 is 6.04 Å². The molecule has 0 bridgehead atoms. The number of hydrogen-bond donors (Lipinski definition) is 3. The summed E-state index contributed by atoms with van der Waals surface area (Å²) in [6, 6.07) is -0.472. The Morgan fingerprint density at radius 2 is 1.86 bits per heavy atom. The Kier molecular flexibility index (Phi) is 6.70. The number of hydrogen-bond acceptors (Lipinski definition) is 4. The van der Waals surface area contributed by atoms with Gasteiger partial charge < -0.3 is 15.9 Å². The third-order valence-electron chi connectivity index (χ3n) is 2.64. The van der Waals surface area contributed by atoms with Crippen LogP contribution in [0, 0.1) is 11.8 Å². The molecule has 0 saturated heterocycles. The molecule has 0 aromatic heterocycles. The fraction of sp³-hybridized carbons (Fsp3) is 0.900. The Morgan fingerprint density at radius 1 is 1.36 bits per heavy atom. The third kappa shape index (κ3) is 4.17. The van der Waals surface area contributed by atoms with E-state index in [9.17, 15) is 4.79 Å². The van der Waals surface area contributed by atoms with Crippen molar-refractivity contribution >= 4 is 5.78 Å². The van der Waals surface area contributed by atoms with Crippen LogP contribution < -0.4 is 5.73 Å². The minimum Gasteiger partial charge on any atom is -0.396 e. The molecular formula is C10H21NO3. The summed E-state index contributed by atoms with van der Waals surface area (Å²) in [6.07, 6.45) is 1.02. The van der Waals surface area contributed by atoms with E-state index >= 15 is 0 Å². The quantitative estimate of drug-likeness (QED) is 0.540. The van der Waals surface area contributed by atoms with Gasteiger partial charge in [-0.2, -0.15) is 0 Å². The largest absolute Gasteiger partial charge is 0.396 e. The smallest absolute Gasteiger partial charge is 0.150 e. The lowest BCUT2D eigenvalue weighted by atomic mass is 9.91. The van der Waals surface area contributed by atoms with Gasteiger partial charge in [0.05, 0.1) is 6.04 Å². The lowest BCUT2D eigenvalue weighted by Crippen LogP contribution is -2.38. The van der Waals surface area contributed by atoms with E-state index in [4.69, 9.17) is 15.9 Å². The van der Waals surface area contributed by atoms with Gasteiger partial charge in [0.25, 0.3) is 0 Å². The fourth-order valence-electron chi connectivity index (χ4n) is 1.18. The standard InChI is InChI=1S/C10H21NO3/c1-3-7(2)10(11)9(14)4-8(5-12)6-13/h7-8,10,12-13H,3-6,11H2,1-2H3/t7-,10-/m0/s1. The zero-order valence-electron chi connectivity index (χ0n) is 8.94. The lowest BCUT2D eigenvalue weighted by Gasteiger charge is -2.19. The van der Waals surface area contributed by atoms with Crippen molar-refractivity contribution in [2.45, 2.75) is 32.7 Å². The van der Waals surface area contributed by atoms with Crippen LogP contribution in [0.4, 0.5) is 0 Å². The van der Waals surface area contributed by atoms with E-state index in [2.05, 4.69) is 0 Å².